The van der Waals surface area contributed by atoms with Crippen molar-refractivity contribution in [2.75, 3.05) is 25.0 Å². The van der Waals surface area contributed by atoms with E-state index in [0.717, 1.165) is 31.0 Å². The fourth-order valence-corrected chi connectivity index (χ4v) is 3.85. The number of hydrogen-bond acceptors (Lipinski definition) is 3. The van der Waals surface area contributed by atoms with Crippen molar-refractivity contribution in [2.24, 2.45) is 11.3 Å². The Balaban J connectivity index is 0.00000208. The normalized spacial score (nSPS) is 25.8. The number of halogens is 3. The van der Waals surface area contributed by atoms with E-state index in [4.69, 9.17) is 0 Å². The molecule has 3 rings (SSSR count). The number of rotatable bonds is 4. The molecule has 2 aliphatic rings. The van der Waals surface area contributed by atoms with Crippen molar-refractivity contribution < 1.29 is 23.5 Å². The zero-order chi connectivity index (χ0) is 16.6. The smallest absolute Gasteiger partial charge is 0.311 e. The minimum absolute atomic E-state index is 0. The molecule has 132 valence electrons. The van der Waals surface area contributed by atoms with Gasteiger partial charge in [-0.15, -0.1) is 12.4 Å². The molecule has 1 aromatic rings. The Hall–Kier alpha value is -1.73. The molecule has 0 aromatic heterocycles. The minimum Gasteiger partial charge on any atom is -0.481 e. The largest absolute Gasteiger partial charge is 0.481 e. The molecule has 2 atom stereocenters. The minimum atomic E-state index is -0.806. The van der Waals surface area contributed by atoms with Gasteiger partial charge in [0.05, 0.1) is 17.6 Å². The van der Waals surface area contributed by atoms with Gasteiger partial charge in [-0.05, 0) is 30.9 Å². The van der Waals surface area contributed by atoms with Crippen LogP contribution in [0.2, 0.25) is 0 Å². The van der Waals surface area contributed by atoms with Crippen LogP contribution in [0.1, 0.15) is 19.3 Å². The summed E-state index contributed by atoms with van der Waals surface area (Å²) >= 11 is 0. The summed E-state index contributed by atoms with van der Waals surface area (Å²) in [6.07, 6.45) is 2.37. The lowest BCUT2D eigenvalue weighted by molar-refractivity contribution is -0.149. The van der Waals surface area contributed by atoms with Crippen molar-refractivity contribution in [1.82, 2.24) is 4.90 Å². The first kappa shape index (κ1) is 18.6. The number of carbonyl (C=O) groups is 2. The van der Waals surface area contributed by atoms with Crippen LogP contribution in [0.3, 0.4) is 0 Å². The molecule has 2 fully saturated rings. The van der Waals surface area contributed by atoms with E-state index in [-0.39, 0.29) is 30.6 Å². The van der Waals surface area contributed by atoms with E-state index in [1.165, 1.54) is 0 Å². The van der Waals surface area contributed by atoms with E-state index in [1.807, 2.05) is 0 Å². The van der Waals surface area contributed by atoms with E-state index < -0.39 is 28.9 Å². The number of nitrogens with zero attached hydrogens (tertiary/aromatic N) is 1. The molecule has 1 aromatic carbocycles. The summed E-state index contributed by atoms with van der Waals surface area (Å²) in [4.78, 5) is 25.4. The Morgan fingerprint density at radius 1 is 1.38 bits per heavy atom. The molecule has 1 heterocycles. The van der Waals surface area contributed by atoms with Crippen LogP contribution in [0.4, 0.5) is 14.5 Å². The van der Waals surface area contributed by atoms with Crippen molar-refractivity contribution >= 4 is 30.0 Å². The average molecular weight is 361 g/mol. The molecule has 24 heavy (non-hydrogen) atoms. The molecule has 1 aliphatic heterocycles. The fraction of sp³-hybridized carbons (Fsp3) is 0.500. The van der Waals surface area contributed by atoms with Gasteiger partial charge in [0.1, 0.15) is 11.6 Å². The molecular weight excluding hydrogens is 342 g/mol. The number of carboxylic acids is 1. The number of hydrogen-bond donors (Lipinski definition) is 2. The van der Waals surface area contributed by atoms with Gasteiger partial charge >= 0.3 is 5.97 Å². The first-order valence-electron chi connectivity index (χ1n) is 7.61. The molecule has 1 aliphatic carbocycles. The van der Waals surface area contributed by atoms with Gasteiger partial charge in [-0.1, -0.05) is 6.42 Å². The monoisotopic (exact) mass is 360 g/mol. The quantitative estimate of drug-likeness (QED) is 0.865. The number of carboxylic acid groups (broad SMARTS) is 1. The summed E-state index contributed by atoms with van der Waals surface area (Å²) in [6.45, 7) is 0.846. The average Bonchev–Trinajstić information content (AvgIpc) is 3.00. The summed E-state index contributed by atoms with van der Waals surface area (Å²) in [7, 11) is 0. The van der Waals surface area contributed by atoms with Gasteiger partial charge < -0.3 is 10.4 Å². The lowest BCUT2D eigenvalue weighted by atomic mass is 9.81. The van der Waals surface area contributed by atoms with Crippen LogP contribution >= 0.6 is 12.4 Å². The van der Waals surface area contributed by atoms with Gasteiger partial charge in [0, 0.05) is 19.2 Å². The highest BCUT2D eigenvalue weighted by molar-refractivity contribution is 5.92. The van der Waals surface area contributed by atoms with Crippen LogP contribution in [-0.2, 0) is 9.59 Å². The van der Waals surface area contributed by atoms with Gasteiger partial charge in [-0.2, -0.15) is 0 Å². The number of amides is 1. The van der Waals surface area contributed by atoms with Crippen molar-refractivity contribution in [3.63, 3.8) is 0 Å². The number of benzene rings is 1. The Bertz CT molecular complexity index is 658. The Kier molecular flexibility index (Phi) is 5.45. The zero-order valence-corrected chi connectivity index (χ0v) is 13.7. The summed E-state index contributed by atoms with van der Waals surface area (Å²) < 4.78 is 26.6. The summed E-state index contributed by atoms with van der Waals surface area (Å²) in [5.74, 6) is -2.57. The summed E-state index contributed by atoms with van der Waals surface area (Å²) in [5.41, 5.74) is -0.966. The summed E-state index contributed by atoms with van der Waals surface area (Å²) in [5, 5.41) is 11.9. The lowest BCUT2D eigenvalue weighted by Gasteiger charge is -2.23. The maximum atomic E-state index is 13.5. The third-order valence-corrected chi connectivity index (χ3v) is 4.94. The Morgan fingerprint density at radius 2 is 2.12 bits per heavy atom. The van der Waals surface area contributed by atoms with Crippen LogP contribution < -0.4 is 5.32 Å². The highest BCUT2D eigenvalue weighted by atomic mass is 35.5. The van der Waals surface area contributed by atoms with E-state index in [1.54, 1.807) is 4.90 Å². The second-order valence-corrected chi connectivity index (χ2v) is 6.39. The Labute approximate surface area is 144 Å². The van der Waals surface area contributed by atoms with Crippen LogP contribution in [0, 0.1) is 23.0 Å². The molecule has 8 heteroatoms. The van der Waals surface area contributed by atoms with Crippen LogP contribution in [-0.4, -0.2) is 41.5 Å². The van der Waals surface area contributed by atoms with E-state index >= 15 is 0 Å². The van der Waals surface area contributed by atoms with Crippen molar-refractivity contribution in [2.45, 2.75) is 19.3 Å². The van der Waals surface area contributed by atoms with Gasteiger partial charge in [0.2, 0.25) is 5.91 Å². The molecular formula is C16H19ClF2N2O3. The van der Waals surface area contributed by atoms with Crippen molar-refractivity contribution in [1.29, 1.82) is 0 Å². The molecule has 2 N–H and O–H groups in total. The lowest BCUT2D eigenvalue weighted by Crippen LogP contribution is -2.37. The van der Waals surface area contributed by atoms with Crippen molar-refractivity contribution in [3.05, 3.63) is 29.8 Å². The third kappa shape index (κ3) is 3.37. The highest BCUT2D eigenvalue weighted by Gasteiger charge is 2.54. The first-order valence-corrected chi connectivity index (χ1v) is 7.61. The molecule has 0 bridgehead atoms. The van der Waals surface area contributed by atoms with Gasteiger partial charge in [0.15, 0.2) is 0 Å². The SMILES string of the molecule is Cl.O=C(CN1C[C@@H]2CCC[C@@]2(C(=O)O)C1)Nc1cc(F)ccc1F. The maximum absolute atomic E-state index is 13.5. The number of nitrogens with one attached hydrogen (secondary N) is 1. The predicted octanol–water partition coefficient (Wildman–Crippen LogP) is 2.51. The van der Waals surface area contributed by atoms with Crippen molar-refractivity contribution in [3.8, 4) is 0 Å². The molecule has 5 nitrogen and oxygen atoms in total. The van der Waals surface area contributed by atoms with E-state index in [0.29, 0.717) is 19.5 Å². The van der Waals surface area contributed by atoms with Crippen LogP contribution in [0.15, 0.2) is 18.2 Å². The molecule has 0 unspecified atom stereocenters. The van der Waals surface area contributed by atoms with Gasteiger partial charge in [0.25, 0.3) is 0 Å². The van der Waals surface area contributed by atoms with Crippen LogP contribution in [0.5, 0.6) is 0 Å². The van der Waals surface area contributed by atoms with Gasteiger partial charge in [-0.25, -0.2) is 8.78 Å². The molecule has 1 amide bonds. The topological polar surface area (TPSA) is 69.6 Å². The molecule has 0 spiro atoms. The number of aliphatic carboxylic acids is 1. The second kappa shape index (κ2) is 7.03. The number of fused-ring (bicyclic) bond motifs is 1. The standard InChI is InChI=1S/C16H18F2N2O3.ClH/c17-11-3-4-12(18)13(6-11)19-14(21)8-20-7-10-2-1-5-16(10,9-20)15(22)23;/h3-4,6,10H,1-2,5,7-9H2,(H,19,21)(H,22,23);1H/t10-,16+;/m0./s1. The number of carbonyl (C=O) groups excluding carboxylic acids is 1. The Morgan fingerprint density at radius 3 is 2.79 bits per heavy atom. The third-order valence-electron chi connectivity index (χ3n) is 4.94. The maximum Gasteiger partial charge on any atom is 0.311 e. The number of anilines is 1. The highest BCUT2D eigenvalue weighted by Crippen LogP contribution is 2.48. The molecule has 1 saturated heterocycles. The predicted molar refractivity (Wildman–Crippen MR) is 86.1 cm³/mol. The van der Waals surface area contributed by atoms with E-state index in [9.17, 15) is 23.5 Å². The first-order chi connectivity index (χ1) is 10.9. The molecule has 0 radical (unpaired) electrons. The van der Waals surface area contributed by atoms with Gasteiger partial charge in [-0.3, -0.25) is 14.5 Å². The molecule has 1 saturated carbocycles. The van der Waals surface area contributed by atoms with Crippen LogP contribution in [0.25, 0.3) is 0 Å². The van der Waals surface area contributed by atoms with E-state index in [2.05, 4.69) is 5.32 Å². The zero-order valence-electron chi connectivity index (χ0n) is 12.9. The summed E-state index contributed by atoms with van der Waals surface area (Å²) in [6, 6.07) is 2.85. The second-order valence-electron chi connectivity index (χ2n) is 6.39. The number of likely N-dealkylation sites (tertiary alicyclic amines) is 1. The fourth-order valence-electron chi connectivity index (χ4n) is 3.85.